The number of rotatable bonds is 5. The lowest BCUT2D eigenvalue weighted by molar-refractivity contribution is 0.556. The minimum absolute atomic E-state index is 0.454. The van der Waals surface area contributed by atoms with Crippen LogP contribution in [-0.2, 0) is 0 Å². The fraction of sp³-hybridized carbons (Fsp3) is 0.524. The summed E-state index contributed by atoms with van der Waals surface area (Å²) in [5.41, 5.74) is 4.57. The molecular weight excluding hydrogens is 421 g/mol. The van der Waals surface area contributed by atoms with Crippen molar-refractivity contribution in [1.82, 2.24) is 15.0 Å². The molecule has 0 unspecified atom stereocenters. The van der Waals surface area contributed by atoms with Crippen LogP contribution in [0.15, 0.2) is 23.3 Å². The van der Waals surface area contributed by atoms with Gasteiger partial charge in [0.1, 0.15) is 0 Å². The summed E-state index contributed by atoms with van der Waals surface area (Å²) in [5, 5.41) is 5.63. The smallest absolute Gasteiger partial charge is 0.250 e. The number of hydrazone groups is 1. The Kier molecular flexibility index (Phi) is 6.89. The van der Waals surface area contributed by atoms with Gasteiger partial charge in [-0.25, -0.2) is 5.43 Å². The quantitative estimate of drug-likeness (QED) is 0.513. The third kappa shape index (κ3) is 5.13. The first-order valence-corrected chi connectivity index (χ1v) is 11.4. The maximum Gasteiger partial charge on any atom is 0.250 e. The molecule has 2 fully saturated rings. The van der Waals surface area contributed by atoms with Crippen LogP contribution in [0.5, 0.6) is 0 Å². The minimum Gasteiger partial charge on any atom is -0.341 e. The van der Waals surface area contributed by atoms with Crippen molar-refractivity contribution in [2.75, 3.05) is 41.4 Å². The summed E-state index contributed by atoms with van der Waals surface area (Å²) in [5.74, 6) is 1.91. The van der Waals surface area contributed by atoms with E-state index >= 15 is 0 Å². The van der Waals surface area contributed by atoms with Crippen LogP contribution in [-0.4, -0.2) is 46.8 Å². The van der Waals surface area contributed by atoms with Crippen molar-refractivity contribution < 1.29 is 0 Å². The van der Waals surface area contributed by atoms with E-state index in [-0.39, 0.29) is 0 Å². The molecule has 0 saturated carbocycles. The summed E-state index contributed by atoms with van der Waals surface area (Å²) >= 11 is 12.3. The summed E-state index contributed by atoms with van der Waals surface area (Å²) in [6.45, 7) is 5.80. The molecule has 160 valence electrons. The van der Waals surface area contributed by atoms with Crippen molar-refractivity contribution in [3.05, 3.63) is 33.8 Å². The van der Waals surface area contributed by atoms with Crippen molar-refractivity contribution in [2.24, 2.45) is 5.10 Å². The van der Waals surface area contributed by atoms with Crippen molar-refractivity contribution in [3.8, 4) is 0 Å². The molecule has 0 aliphatic carbocycles. The summed E-state index contributed by atoms with van der Waals surface area (Å²) in [6, 6.07) is 5.37. The monoisotopic (exact) mass is 447 g/mol. The molecule has 7 nitrogen and oxygen atoms in total. The Morgan fingerprint density at radius 2 is 1.43 bits per heavy atom. The van der Waals surface area contributed by atoms with Crippen LogP contribution < -0.4 is 15.2 Å². The highest BCUT2D eigenvalue weighted by Crippen LogP contribution is 2.24. The Bertz CT molecular complexity index is 870. The molecular formula is C21H27Cl2N7. The molecule has 4 rings (SSSR count). The third-order valence-corrected chi connectivity index (χ3v) is 6.08. The zero-order valence-corrected chi connectivity index (χ0v) is 18.8. The van der Waals surface area contributed by atoms with Crippen LogP contribution in [0.2, 0.25) is 10.0 Å². The van der Waals surface area contributed by atoms with E-state index in [0.717, 1.165) is 49.4 Å². The number of nitrogens with one attached hydrogen (secondary N) is 1. The lowest BCUT2D eigenvalue weighted by atomic mass is 10.1. The molecule has 3 heterocycles. The summed E-state index contributed by atoms with van der Waals surface area (Å²) in [7, 11) is 0. The van der Waals surface area contributed by atoms with Crippen molar-refractivity contribution in [2.45, 2.75) is 45.4 Å². The van der Waals surface area contributed by atoms with Crippen LogP contribution in [0, 0.1) is 0 Å². The molecule has 2 saturated heterocycles. The highest BCUT2D eigenvalue weighted by Gasteiger charge is 2.20. The van der Waals surface area contributed by atoms with Crippen LogP contribution in [0.4, 0.5) is 17.8 Å². The van der Waals surface area contributed by atoms with Gasteiger partial charge in [0.25, 0.3) is 0 Å². The van der Waals surface area contributed by atoms with Gasteiger partial charge >= 0.3 is 0 Å². The van der Waals surface area contributed by atoms with Gasteiger partial charge in [-0.15, -0.1) is 0 Å². The average molecular weight is 448 g/mol. The van der Waals surface area contributed by atoms with Crippen LogP contribution in [0.25, 0.3) is 0 Å². The van der Waals surface area contributed by atoms with E-state index in [1.807, 2.05) is 13.0 Å². The molecule has 9 heteroatoms. The molecule has 0 atom stereocenters. The lowest BCUT2D eigenvalue weighted by Crippen LogP contribution is -2.34. The highest BCUT2D eigenvalue weighted by atomic mass is 35.5. The molecule has 2 aromatic rings. The first-order chi connectivity index (χ1) is 14.6. The second-order valence-electron chi connectivity index (χ2n) is 7.79. The second-order valence-corrected chi connectivity index (χ2v) is 8.63. The molecule has 0 bridgehead atoms. The zero-order valence-electron chi connectivity index (χ0n) is 17.2. The van der Waals surface area contributed by atoms with E-state index < -0.39 is 0 Å². The normalized spacial score (nSPS) is 17.9. The largest absolute Gasteiger partial charge is 0.341 e. The summed E-state index contributed by atoms with van der Waals surface area (Å²) in [6.07, 6.45) is 7.19. The number of nitrogens with zero attached hydrogens (tertiary/aromatic N) is 6. The van der Waals surface area contributed by atoms with Crippen molar-refractivity contribution in [3.63, 3.8) is 0 Å². The summed E-state index contributed by atoms with van der Waals surface area (Å²) < 4.78 is 0. The molecule has 0 radical (unpaired) electrons. The van der Waals surface area contributed by atoms with Gasteiger partial charge in [-0.2, -0.15) is 20.1 Å². The molecule has 0 amide bonds. The summed E-state index contributed by atoms with van der Waals surface area (Å²) in [4.78, 5) is 18.6. The SMILES string of the molecule is CC(=NNc1nc(N2CCCCC2)nc(N2CCCCC2)n1)c1ccc(Cl)cc1Cl. The number of hydrogen-bond acceptors (Lipinski definition) is 7. The molecule has 1 N–H and O–H groups in total. The average Bonchev–Trinajstić information content (AvgIpc) is 2.78. The standard InChI is InChI=1S/C21H27Cl2N7/c1-15(17-9-8-16(22)14-18(17)23)27-28-19-24-20(29-10-4-2-5-11-29)26-21(25-19)30-12-6-3-7-13-30/h8-9,14H,2-7,10-13H2,1H3,(H,24,25,26,28). The molecule has 2 aliphatic heterocycles. The number of anilines is 3. The maximum absolute atomic E-state index is 6.31. The van der Waals surface area contributed by atoms with Crippen LogP contribution in [0.1, 0.15) is 51.0 Å². The van der Waals surface area contributed by atoms with E-state index in [2.05, 4.69) is 30.3 Å². The van der Waals surface area contributed by atoms with Gasteiger partial charge in [-0.1, -0.05) is 29.3 Å². The van der Waals surface area contributed by atoms with Gasteiger partial charge in [-0.05, 0) is 57.6 Å². The van der Waals surface area contributed by atoms with Crippen LogP contribution >= 0.6 is 23.2 Å². The number of aromatic nitrogens is 3. The zero-order chi connectivity index (χ0) is 20.9. The predicted octanol–water partition coefficient (Wildman–Crippen LogP) is 5.00. The van der Waals surface area contributed by atoms with Gasteiger partial charge in [0.2, 0.25) is 17.8 Å². The molecule has 1 aromatic carbocycles. The fourth-order valence-corrected chi connectivity index (χ4v) is 4.40. The van der Waals surface area contributed by atoms with Gasteiger partial charge in [0.15, 0.2) is 0 Å². The molecule has 30 heavy (non-hydrogen) atoms. The van der Waals surface area contributed by atoms with Crippen molar-refractivity contribution in [1.29, 1.82) is 0 Å². The van der Waals surface area contributed by atoms with Gasteiger partial charge in [0.05, 0.1) is 10.7 Å². The molecule has 2 aliphatic rings. The van der Waals surface area contributed by atoms with E-state index in [9.17, 15) is 0 Å². The van der Waals surface area contributed by atoms with Crippen molar-refractivity contribution >= 4 is 46.8 Å². The Morgan fingerprint density at radius 3 is 1.97 bits per heavy atom. The predicted molar refractivity (Wildman–Crippen MR) is 124 cm³/mol. The minimum atomic E-state index is 0.454. The fourth-order valence-electron chi connectivity index (χ4n) is 3.85. The first-order valence-electron chi connectivity index (χ1n) is 10.6. The second kappa shape index (κ2) is 9.79. The van der Waals surface area contributed by atoms with E-state index in [0.29, 0.717) is 16.0 Å². The van der Waals surface area contributed by atoms with Gasteiger partial charge < -0.3 is 9.80 Å². The lowest BCUT2D eigenvalue weighted by Gasteiger charge is -2.30. The highest BCUT2D eigenvalue weighted by molar-refractivity contribution is 6.37. The topological polar surface area (TPSA) is 69.5 Å². The van der Waals surface area contributed by atoms with E-state index in [1.165, 1.54) is 38.5 Å². The number of hydrogen-bond donors (Lipinski definition) is 1. The van der Waals surface area contributed by atoms with E-state index in [1.54, 1.807) is 12.1 Å². The van der Waals surface area contributed by atoms with Gasteiger partial charge in [0, 0.05) is 36.8 Å². The third-order valence-electron chi connectivity index (χ3n) is 5.53. The van der Waals surface area contributed by atoms with Gasteiger partial charge in [-0.3, -0.25) is 0 Å². The van der Waals surface area contributed by atoms with Crippen LogP contribution in [0.3, 0.4) is 0 Å². The number of halogens is 2. The maximum atomic E-state index is 6.31. The number of benzene rings is 1. The Morgan fingerprint density at radius 1 is 0.867 bits per heavy atom. The van der Waals surface area contributed by atoms with E-state index in [4.69, 9.17) is 28.2 Å². The Balaban J connectivity index is 1.60. The number of piperidine rings is 2. The first kappa shape index (κ1) is 21.1. The Labute approximate surface area is 187 Å². The Hall–Kier alpha value is -2.12. The molecule has 0 spiro atoms. The molecule has 1 aromatic heterocycles.